The molecule has 2 aromatic carbocycles. The lowest BCUT2D eigenvalue weighted by molar-refractivity contribution is -0.137. The third-order valence-electron chi connectivity index (χ3n) is 4.51. The van der Waals surface area contributed by atoms with Crippen molar-refractivity contribution in [3.63, 3.8) is 0 Å². The van der Waals surface area contributed by atoms with E-state index < -0.39 is 17.6 Å². The molecule has 1 aliphatic rings. The van der Waals surface area contributed by atoms with Gasteiger partial charge in [0.15, 0.2) is 3.95 Å². The number of aliphatic imine (C=N–C) groups is 1. The number of hydrogen-bond acceptors (Lipinski definition) is 5. The molecule has 2 N–H and O–H groups in total. The normalized spacial score (nSPS) is 14.1. The Balaban J connectivity index is 1.54. The highest BCUT2D eigenvalue weighted by molar-refractivity contribution is 7.73. The van der Waals surface area contributed by atoms with Crippen LogP contribution in [-0.4, -0.2) is 21.8 Å². The smallest absolute Gasteiger partial charge is 0.416 e. The minimum absolute atomic E-state index is 0.00202. The summed E-state index contributed by atoms with van der Waals surface area (Å²) in [5, 5.41) is 13.0. The predicted octanol–water partition coefficient (Wildman–Crippen LogP) is 5.90. The van der Waals surface area contributed by atoms with Gasteiger partial charge in [-0.15, -0.1) is 11.3 Å². The number of hydrogen-bond donors (Lipinski definition) is 2. The predicted molar refractivity (Wildman–Crippen MR) is 117 cm³/mol. The van der Waals surface area contributed by atoms with Crippen LogP contribution in [0.15, 0.2) is 53.5 Å². The van der Waals surface area contributed by atoms with E-state index in [-0.39, 0.29) is 22.1 Å². The number of alkyl halides is 3. The van der Waals surface area contributed by atoms with Crippen molar-refractivity contribution in [2.45, 2.75) is 12.7 Å². The molecule has 2 heterocycles. The number of thiazole rings is 1. The Morgan fingerprint density at radius 3 is 2.77 bits per heavy atom. The molecule has 0 saturated heterocycles. The summed E-state index contributed by atoms with van der Waals surface area (Å²) in [5.74, 6) is -0.810. The molecule has 5 nitrogen and oxygen atoms in total. The molecule has 0 aliphatic carbocycles. The van der Waals surface area contributed by atoms with E-state index in [9.17, 15) is 23.1 Å². The number of allylic oxidation sites excluding steroid dienone is 1. The van der Waals surface area contributed by atoms with Crippen LogP contribution in [0.3, 0.4) is 0 Å². The van der Waals surface area contributed by atoms with E-state index >= 15 is 0 Å². The Bertz CT molecular complexity index is 1290. The number of nitrogens with one attached hydrogen (secondary N) is 1. The van der Waals surface area contributed by atoms with Crippen LogP contribution < -0.4 is 5.32 Å². The van der Waals surface area contributed by atoms with Crippen molar-refractivity contribution < 1.29 is 23.1 Å². The van der Waals surface area contributed by atoms with Gasteiger partial charge in [-0.3, -0.25) is 14.4 Å². The van der Waals surface area contributed by atoms with E-state index in [0.29, 0.717) is 4.88 Å². The zero-order chi connectivity index (χ0) is 22.2. The Kier molecular flexibility index (Phi) is 5.50. The highest BCUT2D eigenvalue weighted by Crippen LogP contribution is 2.36. The van der Waals surface area contributed by atoms with Crippen LogP contribution in [0.4, 0.5) is 24.5 Å². The zero-order valence-electron chi connectivity index (χ0n) is 15.7. The van der Waals surface area contributed by atoms with Crippen LogP contribution in [0.1, 0.15) is 16.0 Å². The molecular weight excluding hydrogens is 447 g/mol. The Morgan fingerprint density at radius 2 is 2.00 bits per heavy atom. The molecule has 4 rings (SSSR count). The summed E-state index contributed by atoms with van der Waals surface area (Å²) in [7, 11) is 0. The number of nitrogens with zero attached hydrogens (tertiary/aromatic N) is 2. The summed E-state index contributed by atoms with van der Waals surface area (Å²) in [6.45, 7) is -0.342. The summed E-state index contributed by atoms with van der Waals surface area (Å²) in [4.78, 5) is 17.1. The molecule has 31 heavy (non-hydrogen) atoms. The number of halogens is 3. The van der Waals surface area contributed by atoms with E-state index in [2.05, 4.69) is 10.3 Å². The first-order chi connectivity index (χ1) is 14.7. The minimum Gasteiger partial charge on any atom is -0.493 e. The lowest BCUT2D eigenvalue weighted by Gasteiger charge is -2.10. The quantitative estimate of drug-likeness (QED) is 0.476. The van der Waals surface area contributed by atoms with Crippen molar-refractivity contribution in [2.75, 3.05) is 5.32 Å². The van der Waals surface area contributed by atoms with Gasteiger partial charge in [-0.05, 0) is 42.6 Å². The first-order valence-electron chi connectivity index (χ1n) is 8.97. The Labute approximate surface area is 183 Å². The molecule has 0 atom stereocenters. The fourth-order valence-electron chi connectivity index (χ4n) is 3.06. The van der Waals surface area contributed by atoms with Gasteiger partial charge in [-0.2, -0.15) is 13.2 Å². The monoisotopic (exact) mass is 461 g/mol. The van der Waals surface area contributed by atoms with Crippen molar-refractivity contribution in [2.24, 2.45) is 4.99 Å². The van der Waals surface area contributed by atoms with Crippen LogP contribution in [0.2, 0.25) is 0 Å². The van der Waals surface area contributed by atoms with Gasteiger partial charge in [0, 0.05) is 23.0 Å². The molecule has 3 aromatic rings. The van der Waals surface area contributed by atoms with Crippen molar-refractivity contribution in [3.05, 3.63) is 68.5 Å². The number of para-hydroxylation sites is 1. The SMILES string of the molecule is O=C(Cn1c(O)c(/C=C2\C=Nc3ccccc32)sc1=S)Nc1cccc(C(F)(F)F)c1. The van der Waals surface area contributed by atoms with E-state index in [0.717, 1.165) is 40.3 Å². The van der Waals surface area contributed by atoms with E-state index in [1.54, 1.807) is 12.3 Å². The average Bonchev–Trinajstić information content (AvgIpc) is 3.24. The molecule has 1 amide bonds. The summed E-state index contributed by atoms with van der Waals surface area (Å²) >= 11 is 6.38. The number of amides is 1. The maximum Gasteiger partial charge on any atom is 0.416 e. The first kappa shape index (κ1) is 21.0. The third kappa shape index (κ3) is 4.44. The lowest BCUT2D eigenvalue weighted by atomic mass is 10.1. The largest absolute Gasteiger partial charge is 0.493 e. The molecule has 158 valence electrons. The fraction of sp³-hybridized carbons (Fsp3) is 0.0952. The van der Waals surface area contributed by atoms with Crippen molar-refractivity contribution in [1.29, 1.82) is 0 Å². The number of aromatic hydroxyl groups is 1. The second kappa shape index (κ2) is 8.12. The number of aromatic nitrogens is 1. The maximum atomic E-state index is 12.8. The number of fused-ring (bicyclic) bond motifs is 1. The van der Waals surface area contributed by atoms with E-state index in [1.165, 1.54) is 16.7 Å². The fourth-order valence-corrected chi connectivity index (χ4v) is 4.32. The molecule has 0 unspecified atom stereocenters. The van der Waals surface area contributed by atoms with Gasteiger partial charge < -0.3 is 10.4 Å². The molecule has 0 radical (unpaired) electrons. The third-order valence-corrected chi connectivity index (χ3v) is 5.90. The summed E-state index contributed by atoms with van der Waals surface area (Å²) in [6, 6.07) is 11.9. The molecule has 1 aliphatic heterocycles. The van der Waals surface area contributed by atoms with Crippen molar-refractivity contribution in [1.82, 2.24) is 4.57 Å². The number of rotatable bonds is 4. The highest BCUT2D eigenvalue weighted by Gasteiger charge is 2.30. The molecular formula is C21H14F3N3O2S2. The molecule has 0 bridgehead atoms. The second-order valence-corrected chi connectivity index (χ2v) is 8.32. The van der Waals surface area contributed by atoms with Crippen LogP contribution >= 0.6 is 23.6 Å². The summed E-state index contributed by atoms with van der Waals surface area (Å²) in [6.07, 6.45) is -1.11. The van der Waals surface area contributed by atoms with Gasteiger partial charge in [-0.25, -0.2) is 0 Å². The van der Waals surface area contributed by atoms with Crippen molar-refractivity contribution >= 4 is 58.7 Å². The van der Waals surface area contributed by atoms with Gasteiger partial charge in [-0.1, -0.05) is 24.3 Å². The molecule has 10 heteroatoms. The second-order valence-electron chi connectivity index (χ2n) is 6.64. The Hall–Kier alpha value is -3.24. The summed E-state index contributed by atoms with van der Waals surface area (Å²) in [5.41, 5.74) is 1.66. The van der Waals surface area contributed by atoms with Gasteiger partial charge >= 0.3 is 6.18 Å². The highest BCUT2D eigenvalue weighted by atomic mass is 32.1. The topological polar surface area (TPSA) is 66.6 Å². The number of carbonyl (C=O) groups is 1. The van der Waals surface area contributed by atoms with E-state index in [4.69, 9.17) is 12.2 Å². The lowest BCUT2D eigenvalue weighted by Crippen LogP contribution is -2.19. The number of carbonyl (C=O) groups excluding carboxylic acids is 1. The first-order valence-corrected chi connectivity index (χ1v) is 10.2. The molecule has 0 spiro atoms. The van der Waals surface area contributed by atoms with Crippen LogP contribution in [0, 0.1) is 3.95 Å². The van der Waals surface area contributed by atoms with Crippen molar-refractivity contribution in [3.8, 4) is 5.88 Å². The van der Waals surface area contributed by atoms with Gasteiger partial charge in [0.2, 0.25) is 11.8 Å². The Morgan fingerprint density at radius 1 is 1.23 bits per heavy atom. The average molecular weight is 461 g/mol. The molecule has 1 aromatic heterocycles. The standard InChI is InChI=1S/C21H14F3N3O2S2/c22-21(23,24)13-4-3-5-14(9-13)26-18(28)11-27-19(29)17(31-20(27)30)8-12-10-25-16-7-2-1-6-15(12)16/h1-10,29H,11H2,(H,26,28)/b12-8+. The van der Waals surface area contributed by atoms with Crippen LogP contribution in [0.25, 0.3) is 11.6 Å². The van der Waals surface area contributed by atoms with Gasteiger partial charge in [0.25, 0.3) is 0 Å². The van der Waals surface area contributed by atoms with Gasteiger partial charge in [0.05, 0.1) is 16.1 Å². The van der Waals surface area contributed by atoms with Crippen LogP contribution in [0.5, 0.6) is 5.88 Å². The zero-order valence-corrected chi connectivity index (χ0v) is 17.3. The van der Waals surface area contributed by atoms with E-state index in [1.807, 2.05) is 24.3 Å². The maximum absolute atomic E-state index is 12.8. The number of benzene rings is 2. The summed E-state index contributed by atoms with van der Waals surface area (Å²) < 4.78 is 40.0. The molecule has 0 saturated carbocycles. The van der Waals surface area contributed by atoms with Gasteiger partial charge in [0.1, 0.15) is 6.54 Å². The minimum atomic E-state index is -4.51. The van der Waals surface area contributed by atoms with Crippen LogP contribution in [-0.2, 0) is 17.5 Å². The number of anilines is 1. The molecule has 0 fully saturated rings.